The third kappa shape index (κ3) is 3.71. The van der Waals surface area contributed by atoms with Gasteiger partial charge in [-0.3, -0.25) is 0 Å². The second kappa shape index (κ2) is 4.63. The van der Waals surface area contributed by atoms with Crippen molar-refractivity contribution in [3.05, 3.63) is 0 Å². The molecule has 0 aromatic heterocycles. The highest BCUT2D eigenvalue weighted by Gasteiger charge is 2.33. The molecule has 16 heavy (non-hydrogen) atoms. The minimum atomic E-state index is -3.22. The molecule has 0 spiro atoms. The van der Waals surface area contributed by atoms with Crippen LogP contribution in [0.1, 0.15) is 34.1 Å². The standard InChI is InChI=1S/C11H23NO3S/c1-9-5-6-12(7-10(9)13)16(14,15)8-11(2,3)4/h9-10,13H,5-8H2,1-4H3. The minimum Gasteiger partial charge on any atom is -0.391 e. The van der Waals surface area contributed by atoms with Gasteiger partial charge in [-0.1, -0.05) is 27.7 Å². The maximum atomic E-state index is 12.1. The Morgan fingerprint density at radius 2 is 1.94 bits per heavy atom. The van der Waals surface area contributed by atoms with Gasteiger partial charge < -0.3 is 5.11 Å². The van der Waals surface area contributed by atoms with Crippen LogP contribution >= 0.6 is 0 Å². The number of hydrogen-bond acceptors (Lipinski definition) is 3. The molecule has 4 nitrogen and oxygen atoms in total. The van der Waals surface area contributed by atoms with Gasteiger partial charge in [-0.2, -0.15) is 4.31 Å². The van der Waals surface area contributed by atoms with Crippen molar-refractivity contribution >= 4 is 10.0 Å². The van der Waals surface area contributed by atoms with Crippen LogP contribution in [0.4, 0.5) is 0 Å². The van der Waals surface area contributed by atoms with E-state index < -0.39 is 16.1 Å². The zero-order valence-electron chi connectivity index (χ0n) is 10.6. The molecular weight excluding hydrogens is 226 g/mol. The SMILES string of the molecule is CC1CCN(S(=O)(=O)CC(C)(C)C)CC1O. The molecule has 96 valence electrons. The number of piperidine rings is 1. The molecule has 1 saturated heterocycles. The molecule has 1 aliphatic rings. The van der Waals surface area contributed by atoms with Crippen molar-refractivity contribution in [2.24, 2.45) is 11.3 Å². The van der Waals surface area contributed by atoms with Crippen molar-refractivity contribution in [1.29, 1.82) is 0 Å². The van der Waals surface area contributed by atoms with Gasteiger partial charge in [-0.05, 0) is 17.8 Å². The van der Waals surface area contributed by atoms with Crippen LogP contribution in [-0.4, -0.2) is 42.8 Å². The van der Waals surface area contributed by atoms with Gasteiger partial charge in [0.25, 0.3) is 0 Å². The lowest BCUT2D eigenvalue weighted by Crippen LogP contribution is -2.47. The summed E-state index contributed by atoms with van der Waals surface area (Å²) < 4.78 is 25.6. The van der Waals surface area contributed by atoms with Crippen LogP contribution in [0.3, 0.4) is 0 Å². The predicted octanol–water partition coefficient (Wildman–Crippen LogP) is 1.06. The zero-order valence-corrected chi connectivity index (χ0v) is 11.4. The Labute approximate surface area is 98.7 Å². The van der Waals surface area contributed by atoms with Crippen LogP contribution in [0, 0.1) is 11.3 Å². The van der Waals surface area contributed by atoms with Gasteiger partial charge in [0.2, 0.25) is 10.0 Å². The Bertz CT molecular complexity index is 332. The third-order valence-electron chi connectivity index (χ3n) is 2.89. The van der Waals surface area contributed by atoms with Crippen LogP contribution < -0.4 is 0 Å². The summed E-state index contributed by atoms with van der Waals surface area (Å²) in [4.78, 5) is 0. The number of sulfonamides is 1. The maximum Gasteiger partial charge on any atom is 0.214 e. The molecule has 1 fully saturated rings. The first-order chi connectivity index (χ1) is 7.12. The van der Waals surface area contributed by atoms with Crippen molar-refractivity contribution in [1.82, 2.24) is 4.31 Å². The van der Waals surface area contributed by atoms with E-state index in [0.717, 1.165) is 6.42 Å². The van der Waals surface area contributed by atoms with Gasteiger partial charge in [-0.25, -0.2) is 8.42 Å². The second-order valence-electron chi connectivity index (χ2n) is 6.01. The molecule has 1 N–H and O–H groups in total. The number of nitrogens with zero attached hydrogens (tertiary/aromatic N) is 1. The van der Waals surface area contributed by atoms with Gasteiger partial charge in [0.1, 0.15) is 0 Å². The van der Waals surface area contributed by atoms with E-state index in [0.29, 0.717) is 6.54 Å². The van der Waals surface area contributed by atoms with Crippen LogP contribution in [0.2, 0.25) is 0 Å². The monoisotopic (exact) mass is 249 g/mol. The Morgan fingerprint density at radius 1 is 1.38 bits per heavy atom. The summed E-state index contributed by atoms with van der Waals surface area (Å²) in [6, 6.07) is 0. The number of aliphatic hydroxyl groups excluding tert-OH is 1. The van der Waals surface area contributed by atoms with Gasteiger partial charge in [0.15, 0.2) is 0 Å². The molecule has 0 aliphatic carbocycles. The van der Waals surface area contributed by atoms with Gasteiger partial charge >= 0.3 is 0 Å². The molecule has 0 saturated carbocycles. The van der Waals surface area contributed by atoms with Crippen molar-refractivity contribution in [3.63, 3.8) is 0 Å². The fourth-order valence-electron chi connectivity index (χ4n) is 1.91. The second-order valence-corrected chi connectivity index (χ2v) is 7.98. The van der Waals surface area contributed by atoms with E-state index in [4.69, 9.17) is 0 Å². The van der Waals surface area contributed by atoms with Gasteiger partial charge in [0.05, 0.1) is 11.9 Å². The van der Waals surface area contributed by atoms with E-state index in [1.165, 1.54) is 4.31 Å². The van der Waals surface area contributed by atoms with E-state index >= 15 is 0 Å². The summed E-state index contributed by atoms with van der Waals surface area (Å²) in [7, 11) is -3.22. The number of hydrogen-bond donors (Lipinski definition) is 1. The molecule has 1 rings (SSSR count). The van der Waals surface area contributed by atoms with Crippen LogP contribution in [-0.2, 0) is 10.0 Å². The maximum absolute atomic E-state index is 12.1. The Hall–Kier alpha value is -0.130. The average Bonchev–Trinajstić information content (AvgIpc) is 2.05. The first-order valence-corrected chi connectivity index (χ1v) is 7.39. The van der Waals surface area contributed by atoms with Crippen molar-refractivity contribution < 1.29 is 13.5 Å². The highest BCUT2D eigenvalue weighted by Crippen LogP contribution is 2.23. The molecule has 0 bridgehead atoms. The average molecular weight is 249 g/mol. The summed E-state index contributed by atoms with van der Waals surface area (Å²) in [5, 5.41) is 9.70. The Balaban J connectivity index is 2.71. The van der Waals surface area contributed by atoms with Gasteiger partial charge in [0, 0.05) is 13.1 Å². The molecule has 1 heterocycles. The normalized spacial score (nSPS) is 29.3. The van der Waals surface area contributed by atoms with E-state index in [9.17, 15) is 13.5 Å². The first kappa shape index (κ1) is 13.9. The molecular formula is C11H23NO3S. The summed E-state index contributed by atoms with van der Waals surface area (Å²) >= 11 is 0. The fraction of sp³-hybridized carbons (Fsp3) is 1.00. The smallest absolute Gasteiger partial charge is 0.214 e. The summed E-state index contributed by atoms with van der Waals surface area (Å²) in [5.74, 6) is 0.335. The van der Waals surface area contributed by atoms with Crippen molar-refractivity contribution in [2.45, 2.75) is 40.2 Å². The van der Waals surface area contributed by atoms with Crippen molar-refractivity contribution in [3.8, 4) is 0 Å². The predicted molar refractivity (Wildman–Crippen MR) is 64.6 cm³/mol. The number of aliphatic hydroxyl groups is 1. The highest BCUT2D eigenvalue weighted by molar-refractivity contribution is 7.89. The van der Waals surface area contributed by atoms with Crippen LogP contribution in [0.25, 0.3) is 0 Å². The lowest BCUT2D eigenvalue weighted by atomic mass is 9.98. The largest absolute Gasteiger partial charge is 0.391 e. The van der Waals surface area contributed by atoms with Crippen molar-refractivity contribution in [2.75, 3.05) is 18.8 Å². The quantitative estimate of drug-likeness (QED) is 0.796. The zero-order chi connectivity index (χ0) is 12.6. The molecule has 1 aliphatic heterocycles. The summed E-state index contributed by atoms with van der Waals surface area (Å²) in [6.45, 7) is 8.48. The molecule has 2 unspecified atom stereocenters. The lowest BCUT2D eigenvalue weighted by molar-refractivity contribution is 0.0602. The topological polar surface area (TPSA) is 57.6 Å². The van der Waals surface area contributed by atoms with Gasteiger partial charge in [-0.15, -0.1) is 0 Å². The molecule has 5 heteroatoms. The summed E-state index contributed by atoms with van der Waals surface area (Å²) in [6.07, 6.45) is 0.216. The third-order valence-corrected chi connectivity index (χ3v) is 5.24. The molecule has 0 aromatic carbocycles. The number of rotatable bonds is 2. The molecule has 0 amide bonds. The molecule has 2 atom stereocenters. The highest BCUT2D eigenvalue weighted by atomic mass is 32.2. The van der Waals surface area contributed by atoms with Crippen LogP contribution in [0.5, 0.6) is 0 Å². The van der Waals surface area contributed by atoms with E-state index in [2.05, 4.69) is 0 Å². The van der Waals surface area contributed by atoms with Crippen LogP contribution in [0.15, 0.2) is 0 Å². The Kier molecular flexibility index (Phi) is 4.03. The minimum absolute atomic E-state index is 0.140. The van der Waals surface area contributed by atoms with E-state index in [-0.39, 0.29) is 23.6 Å². The first-order valence-electron chi connectivity index (χ1n) is 5.78. The number of β-amino-alcohol motifs (C(OH)–C–C–N with tert-alkyl or cyclic N) is 1. The lowest BCUT2D eigenvalue weighted by Gasteiger charge is -2.34. The van der Waals surface area contributed by atoms with E-state index in [1.807, 2.05) is 27.7 Å². The molecule has 0 aromatic rings. The molecule has 0 radical (unpaired) electrons. The Morgan fingerprint density at radius 3 is 2.38 bits per heavy atom. The fourth-order valence-corrected chi connectivity index (χ4v) is 3.95. The summed E-state index contributed by atoms with van der Waals surface area (Å²) in [5.41, 5.74) is -0.243. The van der Waals surface area contributed by atoms with E-state index in [1.54, 1.807) is 0 Å².